The topological polar surface area (TPSA) is 158 Å². The molecular formula is C42H44N2O10. The first-order valence-corrected chi connectivity index (χ1v) is 19.3. The molecule has 2 saturated heterocycles. The normalized spacial score (nSPS) is 44.8. The maximum absolute atomic E-state index is 14.1. The predicted molar refractivity (Wildman–Crippen MR) is 190 cm³/mol. The molecule has 10 aliphatic rings. The number of likely N-dealkylation sites (tertiary alicyclic amines) is 2. The van der Waals surface area contributed by atoms with Gasteiger partial charge in [0.05, 0.1) is 11.1 Å². The Hall–Kier alpha value is -4.04. The zero-order valence-electron chi connectivity index (χ0n) is 30.2. The molecule has 0 radical (unpaired) electrons. The van der Waals surface area contributed by atoms with Gasteiger partial charge in [-0.15, -0.1) is 0 Å². The van der Waals surface area contributed by atoms with Crippen LogP contribution in [0.3, 0.4) is 0 Å². The van der Waals surface area contributed by atoms with Crippen molar-refractivity contribution >= 4 is 11.9 Å². The average Bonchev–Trinajstić information content (AvgIpc) is 3.71. The lowest BCUT2D eigenvalue weighted by Gasteiger charge is -2.58. The van der Waals surface area contributed by atoms with Crippen molar-refractivity contribution in [3.05, 3.63) is 106 Å². The average molecular weight is 737 g/mol. The van der Waals surface area contributed by atoms with Gasteiger partial charge in [-0.2, -0.15) is 0 Å². The minimum atomic E-state index is -2.18. The summed E-state index contributed by atoms with van der Waals surface area (Å²) in [5.74, 6) is -5.88. The first-order chi connectivity index (χ1) is 25.9. The van der Waals surface area contributed by atoms with E-state index in [1.807, 2.05) is 12.2 Å². The Morgan fingerprint density at radius 2 is 1.13 bits per heavy atom. The smallest absolute Gasteiger partial charge is 0.341 e. The lowest BCUT2D eigenvalue weighted by molar-refractivity contribution is -0.176. The monoisotopic (exact) mass is 736 g/mol. The molecular weight excluding hydrogens is 692 g/mol. The number of aliphatic hydroxyl groups excluding tert-OH is 2. The lowest BCUT2D eigenvalue weighted by Crippen LogP contribution is -2.62. The highest BCUT2D eigenvalue weighted by atomic mass is 16.7. The molecule has 0 amide bonds. The number of carbonyl (C=O) groups is 2. The summed E-state index contributed by atoms with van der Waals surface area (Å²) >= 11 is 0. The molecule has 2 unspecified atom stereocenters. The molecule has 0 aromatic heterocycles. The van der Waals surface area contributed by atoms with E-state index in [1.165, 1.54) is 12.1 Å². The van der Waals surface area contributed by atoms with Crippen molar-refractivity contribution in [2.24, 2.45) is 22.7 Å². The van der Waals surface area contributed by atoms with Crippen molar-refractivity contribution in [2.75, 3.05) is 27.2 Å². The van der Waals surface area contributed by atoms with Crippen molar-refractivity contribution in [2.45, 2.75) is 86.6 Å². The number of benzene rings is 1. The molecule has 4 fully saturated rings. The number of carbonyl (C=O) groups excluding carboxylic acids is 2. The van der Waals surface area contributed by atoms with Gasteiger partial charge in [-0.1, -0.05) is 48.6 Å². The first kappa shape index (κ1) is 33.3. The number of aliphatic hydroxyl groups is 4. The minimum Gasteiger partial charge on any atom is -0.483 e. The summed E-state index contributed by atoms with van der Waals surface area (Å²) in [5, 5.41) is 46.7. The summed E-state index contributed by atoms with van der Waals surface area (Å²) in [7, 11) is 4.23. The molecule has 12 atom stereocenters. The third kappa shape index (κ3) is 3.98. The lowest BCUT2D eigenvalue weighted by atomic mass is 9.51. The summed E-state index contributed by atoms with van der Waals surface area (Å²) in [5.41, 5.74) is 2.27. The summed E-state index contributed by atoms with van der Waals surface area (Å²) in [6.07, 6.45) is 11.2. The first-order valence-electron chi connectivity index (χ1n) is 19.3. The van der Waals surface area contributed by atoms with Gasteiger partial charge in [-0.05, 0) is 76.1 Å². The van der Waals surface area contributed by atoms with Gasteiger partial charge < -0.3 is 49.2 Å². The second-order valence-electron chi connectivity index (χ2n) is 17.1. The zero-order chi connectivity index (χ0) is 37.1. The molecule has 12 nitrogen and oxygen atoms in total. The molecule has 1 aromatic rings. The van der Waals surface area contributed by atoms with Crippen LogP contribution in [0.1, 0.15) is 59.2 Å². The summed E-state index contributed by atoms with van der Waals surface area (Å²) in [6, 6.07) is 6.43. The van der Waals surface area contributed by atoms with Gasteiger partial charge in [0.2, 0.25) is 0 Å². The number of hydrogen-bond acceptors (Lipinski definition) is 12. The Bertz CT molecular complexity index is 1970. The zero-order valence-corrected chi connectivity index (χ0v) is 30.2. The number of esters is 2. The third-order valence-corrected chi connectivity index (χ3v) is 14.8. The molecule has 4 heterocycles. The fraction of sp³-hybridized carbons (Fsp3) is 0.524. The Morgan fingerprint density at radius 1 is 0.704 bits per heavy atom. The fourth-order valence-electron chi connectivity index (χ4n) is 12.4. The second-order valence-corrected chi connectivity index (χ2v) is 17.1. The van der Waals surface area contributed by atoms with E-state index >= 15 is 0 Å². The Morgan fingerprint density at radius 3 is 1.56 bits per heavy atom. The highest BCUT2D eigenvalue weighted by Gasteiger charge is 2.70. The summed E-state index contributed by atoms with van der Waals surface area (Å²) < 4.78 is 24.8. The molecule has 6 aliphatic carbocycles. The van der Waals surface area contributed by atoms with Gasteiger partial charge in [0.1, 0.15) is 24.4 Å². The number of nitrogens with zero attached hydrogens (tertiary/aromatic N) is 2. The van der Waals surface area contributed by atoms with Gasteiger partial charge in [0.15, 0.2) is 11.5 Å². The van der Waals surface area contributed by atoms with Crippen LogP contribution in [0.5, 0.6) is 0 Å². The number of rotatable bonds is 4. The Labute approximate surface area is 312 Å². The highest BCUT2D eigenvalue weighted by Crippen LogP contribution is 2.67. The molecule has 11 rings (SSSR count). The van der Waals surface area contributed by atoms with Gasteiger partial charge in [0.25, 0.3) is 11.6 Å². The molecule has 2 spiro atoms. The van der Waals surface area contributed by atoms with Gasteiger partial charge in [-0.3, -0.25) is 0 Å². The molecule has 12 heteroatoms. The molecule has 2 saturated carbocycles. The molecule has 282 valence electrons. The Balaban J connectivity index is 0.900. The van der Waals surface area contributed by atoms with E-state index in [4.69, 9.17) is 18.9 Å². The van der Waals surface area contributed by atoms with Gasteiger partial charge in [-0.25, -0.2) is 9.59 Å². The van der Waals surface area contributed by atoms with Crippen molar-refractivity contribution in [3.63, 3.8) is 0 Å². The van der Waals surface area contributed by atoms with E-state index < -0.39 is 58.8 Å². The highest BCUT2D eigenvalue weighted by molar-refractivity contribution is 6.03. The summed E-state index contributed by atoms with van der Waals surface area (Å²) in [6.45, 7) is 1.59. The van der Waals surface area contributed by atoms with Crippen molar-refractivity contribution in [1.82, 2.24) is 9.80 Å². The van der Waals surface area contributed by atoms with E-state index in [1.54, 1.807) is 24.3 Å². The predicted octanol–water partition coefficient (Wildman–Crippen LogP) is 2.63. The van der Waals surface area contributed by atoms with Gasteiger partial charge >= 0.3 is 11.9 Å². The molecule has 1 aromatic carbocycles. The van der Waals surface area contributed by atoms with E-state index in [9.17, 15) is 30.0 Å². The quantitative estimate of drug-likeness (QED) is 0.204. The van der Waals surface area contributed by atoms with Crippen LogP contribution in [0.15, 0.2) is 94.5 Å². The van der Waals surface area contributed by atoms with Crippen LogP contribution in [0.25, 0.3) is 0 Å². The molecule has 54 heavy (non-hydrogen) atoms. The van der Waals surface area contributed by atoms with Crippen LogP contribution >= 0.6 is 0 Å². The number of ether oxygens (including phenoxy) is 4. The van der Waals surface area contributed by atoms with E-state index in [0.717, 1.165) is 48.2 Å². The maximum Gasteiger partial charge on any atom is 0.341 e. The number of hydrogen-bond donors (Lipinski definition) is 4. The number of piperidine rings is 2. The van der Waals surface area contributed by atoms with Crippen LogP contribution in [0, 0.1) is 22.7 Å². The molecule has 4 bridgehead atoms. The second kappa shape index (κ2) is 10.8. The van der Waals surface area contributed by atoms with E-state index in [-0.39, 0.29) is 59.4 Å². The molecule has 4 N–H and O–H groups in total. The largest absolute Gasteiger partial charge is 0.483 e. The van der Waals surface area contributed by atoms with Crippen LogP contribution in [-0.2, 0) is 18.9 Å². The van der Waals surface area contributed by atoms with Crippen LogP contribution < -0.4 is 0 Å². The standard InChI is InChI=1S/C42H44N2O10/c1-43-17-15-39-25-7-9-29(45)33(39)51-35-31(39)21(19-27(25)43)11-13-41(35,49)53-37(47)23-5-3-4-6-24(23)38(48)54-42(50)14-12-22-20-28-26-8-10-30(46)34-40(26,16-18-44(28)2)32(22)36(42)52-34/h3-12,25-30,33-34,45-46,49-50H,13-20H2,1-2H3/t25-,26-,27+,28+,29-,30-,33-,34-,39-,40-,41?,42?/m0/s1. The van der Waals surface area contributed by atoms with Crippen LogP contribution in [0.2, 0.25) is 0 Å². The fourth-order valence-corrected chi connectivity index (χ4v) is 12.4. The van der Waals surface area contributed by atoms with Crippen molar-refractivity contribution in [1.29, 1.82) is 0 Å². The van der Waals surface area contributed by atoms with Crippen molar-refractivity contribution < 1.29 is 49.0 Å². The third-order valence-electron chi connectivity index (χ3n) is 14.8. The van der Waals surface area contributed by atoms with E-state index in [0.29, 0.717) is 12.8 Å². The minimum absolute atomic E-state index is 0.0580. The van der Waals surface area contributed by atoms with Crippen molar-refractivity contribution in [3.8, 4) is 0 Å². The molecule has 4 aliphatic heterocycles. The Kier molecular flexibility index (Phi) is 6.68. The van der Waals surface area contributed by atoms with Crippen LogP contribution in [-0.4, -0.2) is 117 Å². The maximum atomic E-state index is 14.1. The van der Waals surface area contributed by atoms with E-state index in [2.05, 4.69) is 36.0 Å². The van der Waals surface area contributed by atoms with Crippen LogP contribution in [0.4, 0.5) is 0 Å². The SMILES string of the molecule is CN1CC[C@]23C4=C5O[C@H]2[C@@H](O)C=C[C@H]3[C@H]1CC4=CCC5(O)OC(=O)c1ccccc1C(=O)OC1(O)CC=C2C[C@@H]3[C@@H]4C=C[C@H](O)[C@@H]5OC1=C2[C@]45CCN3C. The van der Waals surface area contributed by atoms with Gasteiger partial charge in [0, 0.05) is 58.7 Å². The summed E-state index contributed by atoms with van der Waals surface area (Å²) in [4.78, 5) is 32.9.